The monoisotopic (exact) mass is 513 g/mol. The Hall–Kier alpha value is -0.370. The van der Waals surface area contributed by atoms with E-state index in [2.05, 4.69) is 39.9 Å². The minimum Gasteiger partial charge on any atom is -0.393 e. The molecule has 2 spiro atoms. The van der Waals surface area contributed by atoms with Crippen LogP contribution in [0.4, 0.5) is 13.2 Å². The number of nitrogens with one attached hydrogen (secondary N) is 1. The van der Waals surface area contributed by atoms with Gasteiger partial charge in [-0.1, -0.05) is 34.6 Å². The fourth-order valence-corrected chi connectivity index (χ4v) is 11.9. The highest BCUT2D eigenvalue weighted by atomic mass is 19.4. The number of halogens is 3. The van der Waals surface area contributed by atoms with Crippen LogP contribution in [-0.4, -0.2) is 53.9 Å². The Morgan fingerprint density at radius 3 is 2.31 bits per heavy atom. The Morgan fingerprint density at radius 2 is 1.61 bits per heavy atom. The molecule has 6 aliphatic rings. The SMILES string of the molecule is C[C@@H]1C[C@H](CNCC(F)(F)F)O[C@H]2[C@H]1[C@@]1(C)CC[C@@]34C[C@@]35CC[C@H](O)C(C)(C)C5CCC4[C@]1(C)[C@H]2O. The minimum absolute atomic E-state index is 0.0445. The van der Waals surface area contributed by atoms with Gasteiger partial charge in [0, 0.05) is 12.0 Å². The van der Waals surface area contributed by atoms with Crippen LogP contribution in [0.15, 0.2) is 0 Å². The lowest BCUT2D eigenvalue weighted by Gasteiger charge is -2.63. The first-order valence-electron chi connectivity index (χ1n) is 14.4. The average Bonchev–Trinajstić information content (AvgIpc) is 3.41. The molecule has 6 fully saturated rings. The van der Waals surface area contributed by atoms with Crippen molar-refractivity contribution in [1.29, 1.82) is 0 Å². The molecular formula is C29H46F3NO3. The molecule has 12 atom stereocenters. The number of hydrogen-bond donors (Lipinski definition) is 3. The van der Waals surface area contributed by atoms with E-state index in [4.69, 9.17) is 4.74 Å². The molecule has 206 valence electrons. The topological polar surface area (TPSA) is 61.7 Å². The summed E-state index contributed by atoms with van der Waals surface area (Å²) in [4.78, 5) is 0. The molecule has 0 radical (unpaired) electrons. The van der Waals surface area contributed by atoms with Gasteiger partial charge in [-0.15, -0.1) is 0 Å². The van der Waals surface area contributed by atoms with Crippen molar-refractivity contribution in [2.45, 2.75) is 117 Å². The molecule has 4 nitrogen and oxygen atoms in total. The molecule has 3 N–H and O–H groups in total. The second-order valence-corrected chi connectivity index (χ2v) is 14.9. The van der Waals surface area contributed by atoms with Crippen molar-refractivity contribution in [3.05, 3.63) is 0 Å². The Balaban J connectivity index is 1.28. The Labute approximate surface area is 214 Å². The third-order valence-electron chi connectivity index (χ3n) is 13.6. The molecule has 0 bridgehead atoms. The second kappa shape index (κ2) is 7.63. The number of ether oxygens (including phenoxy) is 1. The molecule has 0 aromatic heterocycles. The van der Waals surface area contributed by atoms with E-state index in [0.717, 1.165) is 38.5 Å². The highest BCUT2D eigenvalue weighted by Crippen LogP contribution is 2.89. The van der Waals surface area contributed by atoms with Crippen LogP contribution in [0.25, 0.3) is 0 Å². The maximum absolute atomic E-state index is 12.7. The third-order valence-corrected chi connectivity index (χ3v) is 13.6. The van der Waals surface area contributed by atoms with Gasteiger partial charge in [0.15, 0.2) is 0 Å². The number of hydrogen-bond acceptors (Lipinski definition) is 4. The molecule has 36 heavy (non-hydrogen) atoms. The molecular weight excluding hydrogens is 467 g/mol. The van der Waals surface area contributed by atoms with Crippen LogP contribution in [0.3, 0.4) is 0 Å². The predicted molar refractivity (Wildman–Crippen MR) is 131 cm³/mol. The summed E-state index contributed by atoms with van der Waals surface area (Å²) in [5.41, 5.74) is 0.180. The lowest BCUT2D eigenvalue weighted by Crippen LogP contribution is -2.59. The highest BCUT2D eigenvalue weighted by Gasteiger charge is 2.84. The van der Waals surface area contributed by atoms with Crippen molar-refractivity contribution in [2.75, 3.05) is 13.1 Å². The largest absolute Gasteiger partial charge is 0.401 e. The zero-order chi connectivity index (χ0) is 26.1. The van der Waals surface area contributed by atoms with E-state index in [1.807, 2.05) is 0 Å². The summed E-state index contributed by atoms with van der Waals surface area (Å²) in [6.07, 6.45) is 2.77. The quantitative estimate of drug-likeness (QED) is 0.479. The van der Waals surface area contributed by atoms with Gasteiger partial charge in [0.25, 0.3) is 0 Å². The molecule has 5 aliphatic carbocycles. The summed E-state index contributed by atoms with van der Waals surface area (Å²) >= 11 is 0. The van der Waals surface area contributed by atoms with Crippen molar-refractivity contribution in [2.24, 2.45) is 50.7 Å². The fraction of sp³-hybridized carbons (Fsp3) is 1.00. The third kappa shape index (κ3) is 3.03. The summed E-state index contributed by atoms with van der Waals surface area (Å²) in [5, 5.41) is 25.5. The lowest BCUT2D eigenvalue weighted by molar-refractivity contribution is -0.182. The van der Waals surface area contributed by atoms with E-state index in [1.54, 1.807) is 0 Å². The van der Waals surface area contributed by atoms with Crippen LogP contribution in [0, 0.1) is 50.7 Å². The van der Waals surface area contributed by atoms with Crippen molar-refractivity contribution >= 4 is 0 Å². The highest BCUT2D eigenvalue weighted by molar-refractivity contribution is 5.32. The number of aliphatic hydroxyl groups is 2. The van der Waals surface area contributed by atoms with Crippen LogP contribution >= 0.6 is 0 Å². The summed E-state index contributed by atoms with van der Waals surface area (Å²) in [5.74, 6) is 1.50. The van der Waals surface area contributed by atoms with Crippen molar-refractivity contribution in [3.63, 3.8) is 0 Å². The second-order valence-electron chi connectivity index (χ2n) is 14.9. The zero-order valence-corrected chi connectivity index (χ0v) is 22.6. The average molecular weight is 514 g/mol. The van der Waals surface area contributed by atoms with Crippen LogP contribution in [0.2, 0.25) is 0 Å². The summed E-state index contributed by atoms with van der Waals surface area (Å²) in [6, 6.07) is 0. The van der Waals surface area contributed by atoms with Gasteiger partial charge >= 0.3 is 6.18 Å². The van der Waals surface area contributed by atoms with Gasteiger partial charge in [-0.3, -0.25) is 0 Å². The van der Waals surface area contributed by atoms with Gasteiger partial charge in [-0.05, 0) is 96.7 Å². The standard InChI is InChI=1S/C29H46F3NO3/c1-16-12-17(13-33-15-29(30,31)32)36-22-21(16)25(4)10-11-28-14-27(28)9-8-20(34)24(2,3)18(27)6-7-19(28)26(25,5)23(22)35/h16-23,33-35H,6-15H2,1-5H3/t16-,17-,18?,19?,20+,21+,22+,23+,25-,26-,27-,28+/m1/s1. The maximum Gasteiger partial charge on any atom is 0.401 e. The molecule has 1 aliphatic heterocycles. The van der Waals surface area contributed by atoms with E-state index in [-0.39, 0.29) is 52.4 Å². The van der Waals surface area contributed by atoms with Crippen LogP contribution in [0.5, 0.6) is 0 Å². The van der Waals surface area contributed by atoms with E-state index >= 15 is 0 Å². The van der Waals surface area contributed by atoms with Gasteiger partial charge < -0.3 is 20.3 Å². The van der Waals surface area contributed by atoms with Crippen molar-refractivity contribution < 1.29 is 28.1 Å². The fourth-order valence-electron chi connectivity index (χ4n) is 11.9. The summed E-state index contributed by atoms with van der Waals surface area (Å²) in [7, 11) is 0. The van der Waals surface area contributed by atoms with E-state index in [9.17, 15) is 23.4 Å². The Morgan fingerprint density at radius 1 is 0.944 bits per heavy atom. The first-order valence-corrected chi connectivity index (χ1v) is 14.4. The van der Waals surface area contributed by atoms with Gasteiger partial charge in [0.05, 0.1) is 31.0 Å². The molecule has 1 heterocycles. The van der Waals surface area contributed by atoms with Gasteiger partial charge in [-0.25, -0.2) is 0 Å². The van der Waals surface area contributed by atoms with Crippen molar-refractivity contribution in [3.8, 4) is 0 Å². The zero-order valence-electron chi connectivity index (χ0n) is 22.6. The van der Waals surface area contributed by atoms with Gasteiger partial charge in [0.2, 0.25) is 0 Å². The molecule has 6 rings (SSSR count). The molecule has 0 aromatic rings. The maximum atomic E-state index is 12.7. The Bertz CT molecular complexity index is 911. The molecule has 5 saturated carbocycles. The van der Waals surface area contributed by atoms with Gasteiger partial charge in [-0.2, -0.15) is 13.2 Å². The first kappa shape index (κ1) is 25.9. The summed E-state index contributed by atoms with van der Waals surface area (Å²) < 4.78 is 44.6. The normalized spacial score (nSPS) is 57.2. The number of alkyl halides is 3. The molecule has 2 unspecified atom stereocenters. The van der Waals surface area contributed by atoms with Crippen LogP contribution in [-0.2, 0) is 4.74 Å². The molecule has 7 heteroatoms. The molecule has 0 amide bonds. The minimum atomic E-state index is -4.23. The number of aliphatic hydroxyl groups excluding tert-OH is 2. The molecule has 0 aromatic carbocycles. The van der Waals surface area contributed by atoms with Gasteiger partial charge in [0.1, 0.15) is 0 Å². The first-order chi connectivity index (χ1) is 16.6. The number of rotatable bonds is 3. The number of fused-ring (bicyclic) bond motifs is 4. The van der Waals surface area contributed by atoms with E-state index in [0.29, 0.717) is 23.2 Å². The summed E-state index contributed by atoms with van der Waals surface area (Å²) in [6.45, 7) is 10.7. The van der Waals surface area contributed by atoms with E-state index in [1.165, 1.54) is 12.8 Å². The molecule has 1 saturated heterocycles. The predicted octanol–water partition coefficient (Wildman–Crippen LogP) is 5.31. The van der Waals surface area contributed by atoms with Crippen LogP contribution in [0.1, 0.15) is 86.0 Å². The van der Waals surface area contributed by atoms with E-state index < -0.39 is 18.8 Å². The lowest BCUT2D eigenvalue weighted by atomic mass is 9.41. The van der Waals surface area contributed by atoms with Crippen molar-refractivity contribution in [1.82, 2.24) is 5.32 Å². The Kier molecular flexibility index (Phi) is 5.49. The van der Waals surface area contributed by atoms with Crippen LogP contribution < -0.4 is 5.32 Å². The smallest absolute Gasteiger partial charge is 0.393 e.